The second-order valence-corrected chi connectivity index (χ2v) is 5.85. The predicted molar refractivity (Wildman–Crippen MR) is 74.2 cm³/mol. The monoisotopic (exact) mass is 314 g/mol. The van der Waals surface area contributed by atoms with Crippen LogP contribution in [0.15, 0.2) is 35.7 Å². The summed E-state index contributed by atoms with van der Waals surface area (Å²) in [6.07, 6.45) is 2.41. The molecule has 0 aliphatic heterocycles. The second kappa shape index (κ2) is 5.51. The molecule has 2 rings (SSSR count). The Morgan fingerprint density at radius 3 is 2.75 bits per heavy atom. The van der Waals surface area contributed by atoms with Crippen LogP contribution in [-0.2, 0) is 10.0 Å². The third-order valence-electron chi connectivity index (χ3n) is 2.46. The quantitative estimate of drug-likeness (QED) is 0.789. The summed E-state index contributed by atoms with van der Waals surface area (Å²) in [7, 11) is -2.35. The molecule has 0 bridgehead atoms. The van der Waals surface area contributed by atoms with Crippen LogP contribution in [0.4, 0.5) is 5.69 Å². The van der Waals surface area contributed by atoms with E-state index < -0.39 is 10.0 Å². The molecule has 20 heavy (non-hydrogen) atoms. The fourth-order valence-electron chi connectivity index (χ4n) is 1.48. The van der Waals surface area contributed by atoms with Crippen LogP contribution in [0.5, 0.6) is 0 Å². The first-order chi connectivity index (χ1) is 9.44. The van der Waals surface area contributed by atoms with Gasteiger partial charge in [0.25, 0.3) is 15.9 Å². The summed E-state index contributed by atoms with van der Waals surface area (Å²) in [4.78, 5) is 17.6. The number of nitrogens with one attached hydrogen (secondary N) is 3. The Morgan fingerprint density at radius 2 is 2.15 bits per heavy atom. The summed E-state index contributed by atoms with van der Waals surface area (Å²) in [5, 5.41) is 2.53. The van der Waals surface area contributed by atoms with Crippen molar-refractivity contribution in [3.8, 4) is 0 Å². The third-order valence-corrected chi connectivity index (χ3v) is 4.08. The maximum Gasteiger partial charge on any atom is 0.279 e. The van der Waals surface area contributed by atoms with Gasteiger partial charge in [-0.1, -0.05) is 11.6 Å². The van der Waals surface area contributed by atoms with E-state index in [9.17, 15) is 13.2 Å². The number of aromatic nitrogens is 2. The SMILES string of the molecule is CNC(=O)c1ccc(Cl)c(NS(=O)(=O)c2cnc[nH]2)c1. The minimum atomic E-state index is -3.83. The zero-order valence-corrected chi connectivity index (χ0v) is 11.9. The van der Waals surface area contributed by atoms with E-state index in [1.807, 2.05) is 0 Å². The van der Waals surface area contributed by atoms with Crippen LogP contribution in [0.3, 0.4) is 0 Å². The highest BCUT2D eigenvalue weighted by Crippen LogP contribution is 2.25. The number of carbonyl (C=O) groups is 1. The van der Waals surface area contributed by atoms with Gasteiger partial charge < -0.3 is 10.3 Å². The number of H-pyrrole nitrogens is 1. The van der Waals surface area contributed by atoms with Gasteiger partial charge in [0.1, 0.15) is 0 Å². The minimum Gasteiger partial charge on any atom is -0.355 e. The number of anilines is 1. The fourth-order valence-corrected chi connectivity index (χ4v) is 2.68. The predicted octanol–water partition coefficient (Wildman–Crippen LogP) is 1.22. The second-order valence-electron chi connectivity index (χ2n) is 3.80. The molecule has 0 radical (unpaired) electrons. The molecule has 1 aromatic heterocycles. The first-order valence-electron chi connectivity index (χ1n) is 5.47. The number of imidazole rings is 1. The maximum atomic E-state index is 12.0. The number of hydrogen-bond donors (Lipinski definition) is 3. The molecule has 1 aromatic carbocycles. The van der Waals surface area contributed by atoms with Gasteiger partial charge in [0, 0.05) is 12.6 Å². The van der Waals surface area contributed by atoms with Crippen LogP contribution in [0.1, 0.15) is 10.4 Å². The van der Waals surface area contributed by atoms with E-state index in [0.29, 0.717) is 5.56 Å². The van der Waals surface area contributed by atoms with Gasteiger partial charge in [-0.2, -0.15) is 8.42 Å². The van der Waals surface area contributed by atoms with E-state index in [1.54, 1.807) is 0 Å². The Morgan fingerprint density at radius 1 is 1.40 bits per heavy atom. The molecule has 0 fully saturated rings. The summed E-state index contributed by atoms with van der Waals surface area (Å²) in [6, 6.07) is 4.29. The average molecular weight is 315 g/mol. The van der Waals surface area contributed by atoms with E-state index >= 15 is 0 Å². The lowest BCUT2D eigenvalue weighted by Gasteiger charge is -2.09. The molecule has 1 amide bonds. The number of sulfonamides is 1. The molecule has 0 aliphatic rings. The number of carbonyl (C=O) groups excluding carboxylic acids is 1. The topological polar surface area (TPSA) is 104 Å². The molecule has 0 spiro atoms. The molecule has 3 N–H and O–H groups in total. The van der Waals surface area contributed by atoms with Crippen molar-refractivity contribution in [3.63, 3.8) is 0 Å². The number of hydrogen-bond acceptors (Lipinski definition) is 4. The van der Waals surface area contributed by atoms with E-state index in [-0.39, 0.29) is 21.6 Å². The number of rotatable bonds is 4. The zero-order chi connectivity index (χ0) is 14.8. The third kappa shape index (κ3) is 2.91. The molecule has 0 aliphatic carbocycles. The van der Waals surface area contributed by atoms with Gasteiger partial charge in [0.05, 0.1) is 23.2 Å². The highest BCUT2D eigenvalue weighted by molar-refractivity contribution is 7.92. The fraction of sp³-hybridized carbons (Fsp3) is 0.0909. The molecule has 0 saturated heterocycles. The van der Waals surface area contributed by atoms with Crippen molar-refractivity contribution in [2.24, 2.45) is 0 Å². The lowest BCUT2D eigenvalue weighted by atomic mass is 10.2. The van der Waals surface area contributed by atoms with Crippen LogP contribution in [0.25, 0.3) is 0 Å². The molecule has 2 aromatic rings. The van der Waals surface area contributed by atoms with E-state index in [4.69, 9.17) is 11.6 Å². The lowest BCUT2D eigenvalue weighted by Crippen LogP contribution is -2.19. The summed E-state index contributed by atoms with van der Waals surface area (Å²) < 4.78 is 26.3. The number of nitrogens with zero attached hydrogens (tertiary/aromatic N) is 1. The number of aromatic amines is 1. The molecular formula is C11H11ClN4O3S. The number of halogens is 1. The summed E-state index contributed by atoms with van der Waals surface area (Å²) in [5.74, 6) is -0.344. The van der Waals surface area contributed by atoms with E-state index in [1.165, 1.54) is 37.8 Å². The van der Waals surface area contributed by atoms with Gasteiger partial charge in [0.15, 0.2) is 5.03 Å². The first kappa shape index (κ1) is 14.4. The van der Waals surface area contributed by atoms with Crippen LogP contribution in [-0.4, -0.2) is 31.3 Å². The lowest BCUT2D eigenvalue weighted by molar-refractivity contribution is 0.0963. The number of benzene rings is 1. The Hall–Kier alpha value is -2.06. The zero-order valence-electron chi connectivity index (χ0n) is 10.3. The average Bonchev–Trinajstić information content (AvgIpc) is 2.95. The molecule has 0 atom stereocenters. The van der Waals surface area contributed by atoms with Gasteiger partial charge >= 0.3 is 0 Å². The Bertz CT molecular complexity index is 728. The number of amides is 1. The normalized spacial score (nSPS) is 11.1. The van der Waals surface area contributed by atoms with Crippen molar-refractivity contribution in [2.45, 2.75) is 5.03 Å². The van der Waals surface area contributed by atoms with Crippen molar-refractivity contribution in [2.75, 3.05) is 11.8 Å². The Balaban J connectivity index is 2.36. The van der Waals surface area contributed by atoms with Crippen molar-refractivity contribution in [3.05, 3.63) is 41.3 Å². The molecule has 0 saturated carbocycles. The van der Waals surface area contributed by atoms with Crippen molar-refractivity contribution in [1.29, 1.82) is 0 Å². The van der Waals surface area contributed by atoms with Crippen LogP contribution < -0.4 is 10.0 Å². The van der Waals surface area contributed by atoms with Crippen LogP contribution in [0.2, 0.25) is 5.02 Å². The van der Waals surface area contributed by atoms with E-state index in [2.05, 4.69) is 20.0 Å². The smallest absolute Gasteiger partial charge is 0.279 e. The summed E-state index contributed by atoms with van der Waals surface area (Å²) >= 11 is 5.93. The van der Waals surface area contributed by atoms with Gasteiger partial charge in [-0.15, -0.1) is 0 Å². The molecule has 0 unspecified atom stereocenters. The van der Waals surface area contributed by atoms with Crippen LogP contribution in [0, 0.1) is 0 Å². The van der Waals surface area contributed by atoms with Crippen LogP contribution >= 0.6 is 11.6 Å². The highest BCUT2D eigenvalue weighted by atomic mass is 35.5. The van der Waals surface area contributed by atoms with E-state index in [0.717, 1.165) is 0 Å². The van der Waals surface area contributed by atoms with Crippen molar-refractivity contribution >= 4 is 33.2 Å². The molecular weight excluding hydrogens is 304 g/mol. The Kier molecular flexibility index (Phi) is 3.96. The summed E-state index contributed by atoms with van der Waals surface area (Å²) in [5.41, 5.74) is 0.404. The molecule has 7 nitrogen and oxygen atoms in total. The minimum absolute atomic E-state index is 0.0982. The maximum absolute atomic E-state index is 12.0. The highest BCUT2D eigenvalue weighted by Gasteiger charge is 2.18. The summed E-state index contributed by atoms with van der Waals surface area (Å²) in [6.45, 7) is 0. The standard InChI is InChI=1S/C11H11ClN4O3S/c1-13-11(17)7-2-3-8(12)9(4-7)16-20(18,19)10-5-14-6-15-10/h2-6,16H,1H3,(H,13,17)(H,14,15). The largest absolute Gasteiger partial charge is 0.355 e. The van der Waals surface area contributed by atoms with Gasteiger partial charge in [0.2, 0.25) is 0 Å². The van der Waals surface area contributed by atoms with Gasteiger partial charge in [-0.05, 0) is 18.2 Å². The molecule has 1 heterocycles. The first-order valence-corrected chi connectivity index (χ1v) is 7.33. The molecule has 9 heteroatoms. The Labute approximate surface area is 120 Å². The van der Waals surface area contributed by atoms with Gasteiger partial charge in [-0.25, -0.2) is 4.98 Å². The molecule has 106 valence electrons. The van der Waals surface area contributed by atoms with Crippen molar-refractivity contribution < 1.29 is 13.2 Å². The van der Waals surface area contributed by atoms with Gasteiger partial charge in [-0.3, -0.25) is 9.52 Å². The van der Waals surface area contributed by atoms with Crippen molar-refractivity contribution in [1.82, 2.24) is 15.3 Å².